The van der Waals surface area contributed by atoms with Gasteiger partial charge in [-0.1, -0.05) is 36.4 Å². The molecular weight excluding hydrogens is 510 g/mol. The highest BCUT2D eigenvalue weighted by Gasteiger charge is 2.31. The number of fused-ring (bicyclic) bond motifs is 1. The van der Waals surface area contributed by atoms with Gasteiger partial charge in [-0.3, -0.25) is 14.7 Å². The Kier molecular flexibility index (Phi) is 8.43. The van der Waals surface area contributed by atoms with Crippen LogP contribution >= 0.6 is 0 Å². The summed E-state index contributed by atoms with van der Waals surface area (Å²) in [6.07, 6.45) is 3.56. The maximum Gasteiger partial charge on any atom is 0.253 e. The first-order chi connectivity index (χ1) is 19.6. The van der Waals surface area contributed by atoms with E-state index in [4.69, 9.17) is 14.2 Å². The molecule has 0 radical (unpaired) electrons. The van der Waals surface area contributed by atoms with Gasteiger partial charge >= 0.3 is 0 Å². The van der Waals surface area contributed by atoms with E-state index in [0.717, 1.165) is 16.5 Å². The molecule has 3 aromatic heterocycles. The minimum Gasteiger partial charge on any atom is -0.493 e. The second-order valence-electron chi connectivity index (χ2n) is 9.26. The summed E-state index contributed by atoms with van der Waals surface area (Å²) < 4.78 is 18.0. The van der Waals surface area contributed by atoms with E-state index in [0.29, 0.717) is 54.6 Å². The third-order valence-electron chi connectivity index (χ3n) is 6.69. The third-order valence-corrected chi connectivity index (χ3v) is 6.69. The maximum atomic E-state index is 13.8. The Hall–Kier alpha value is -4.61. The summed E-state index contributed by atoms with van der Waals surface area (Å²) in [5.41, 5.74) is 2.94. The van der Waals surface area contributed by atoms with E-state index in [1.807, 2.05) is 48.7 Å². The van der Waals surface area contributed by atoms with Gasteiger partial charge in [0.25, 0.3) is 5.56 Å². The molecule has 0 saturated carbocycles. The molecule has 11 nitrogen and oxygen atoms in total. The molecule has 206 valence electrons. The largest absolute Gasteiger partial charge is 0.493 e. The van der Waals surface area contributed by atoms with Crippen LogP contribution in [-0.4, -0.2) is 63.0 Å². The number of ether oxygens (including phenoxy) is 3. The number of nitrogens with zero attached hydrogens (tertiary/aromatic N) is 6. The maximum absolute atomic E-state index is 13.8. The van der Waals surface area contributed by atoms with Gasteiger partial charge < -0.3 is 19.2 Å². The van der Waals surface area contributed by atoms with Crippen LogP contribution in [0, 0.1) is 0 Å². The molecule has 0 fully saturated rings. The van der Waals surface area contributed by atoms with E-state index in [1.165, 1.54) is 0 Å². The molecule has 0 aliphatic carbocycles. The molecule has 1 atom stereocenters. The van der Waals surface area contributed by atoms with E-state index in [-0.39, 0.29) is 5.56 Å². The van der Waals surface area contributed by atoms with Crippen LogP contribution in [0.25, 0.3) is 10.9 Å². The zero-order valence-electron chi connectivity index (χ0n) is 22.7. The molecule has 0 aliphatic rings. The molecule has 0 saturated heterocycles. The highest BCUT2D eigenvalue weighted by molar-refractivity contribution is 5.83. The van der Waals surface area contributed by atoms with Gasteiger partial charge in [-0.15, -0.1) is 5.10 Å². The molecule has 0 bridgehead atoms. The number of aromatic amines is 1. The molecule has 5 aromatic rings. The van der Waals surface area contributed by atoms with Gasteiger partial charge in [-0.2, -0.15) is 0 Å². The number of rotatable bonds is 12. The molecule has 5 rings (SSSR count). The number of tetrazole rings is 1. The molecule has 11 heteroatoms. The van der Waals surface area contributed by atoms with Crippen LogP contribution in [-0.2, 0) is 24.4 Å². The fourth-order valence-electron chi connectivity index (χ4n) is 4.78. The second kappa shape index (κ2) is 12.5. The van der Waals surface area contributed by atoms with Crippen molar-refractivity contribution in [3.05, 3.63) is 106 Å². The Labute approximate surface area is 231 Å². The van der Waals surface area contributed by atoms with Crippen molar-refractivity contribution in [1.82, 2.24) is 35.1 Å². The third kappa shape index (κ3) is 5.85. The average molecular weight is 542 g/mol. The predicted octanol–water partition coefficient (Wildman–Crippen LogP) is 3.37. The zero-order chi connectivity index (χ0) is 27.9. The molecule has 3 heterocycles. The highest BCUT2D eigenvalue weighted by atomic mass is 16.5. The van der Waals surface area contributed by atoms with Crippen LogP contribution < -0.4 is 15.0 Å². The van der Waals surface area contributed by atoms with Gasteiger partial charge in [0, 0.05) is 49.6 Å². The Bertz CT molecular complexity index is 1560. The fourth-order valence-corrected chi connectivity index (χ4v) is 4.78. The predicted molar refractivity (Wildman–Crippen MR) is 149 cm³/mol. The molecule has 2 aromatic carbocycles. The number of aromatic nitrogens is 6. The first kappa shape index (κ1) is 27.0. The minimum atomic E-state index is -0.603. The van der Waals surface area contributed by atoms with Gasteiger partial charge in [0.05, 0.1) is 32.9 Å². The number of hydrogen-bond acceptors (Lipinski definition) is 9. The Balaban J connectivity index is 1.70. The highest BCUT2D eigenvalue weighted by Crippen LogP contribution is 2.34. The SMILES string of the molecule is COCCn1nnnc1[C@H](c1cc2cc(OC)c(OC)cc2[nH]c1=O)N(Cc1ccccc1)Cc1cccnc1. The van der Waals surface area contributed by atoms with Crippen LogP contribution in [0.4, 0.5) is 0 Å². The second-order valence-corrected chi connectivity index (χ2v) is 9.26. The molecular formula is C29H31N7O4. The van der Waals surface area contributed by atoms with Gasteiger partial charge in [-0.25, -0.2) is 4.68 Å². The van der Waals surface area contributed by atoms with Gasteiger partial charge in [0.15, 0.2) is 17.3 Å². The average Bonchev–Trinajstić information content (AvgIpc) is 3.44. The van der Waals surface area contributed by atoms with Crippen LogP contribution in [0.5, 0.6) is 11.5 Å². The van der Waals surface area contributed by atoms with Crippen molar-refractivity contribution in [1.29, 1.82) is 0 Å². The monoisotopic (exact) mass is 541 g/mol. The molecule has 0 amide bonds. The van der Waals surface area contributed by atoms with E-state index in [1.54, 1.807) is 38.3 Å². The molecule has 0 unspecified atom stereocenters. The number of H-pyrrole nitrogens is 1. The summed E-state index contributed by atoms with van der Waals surface area (Å²) in [6, 6.07) is 18.9. The normalized spacial score (nSPS) is 12.1. The quantitative estimate of drug-likeness (QED) is 0.253. The molecule has 0 spiro atoms. The summed E-state index contributed by atoms with van der Waals surface area (Å²) >= 11 is 0. The summed E-state index contributed by atoms with van der Waals surface area (Å²) in [4.78, 5) is 23.3. The smallest absolute Gasteiger partial charge is 0.253 e. The number of pyridine rings is 2. The van der Waals surface area contributed by atoms with Gasteiger partial charge in [0.1, 0.15) is 6.04 Å². The lowest BCUT2D eigenvalue weighted by Crippen LogP contribution is -2.35. The van der Waals surface area contributed by atoms with Crippen molar-refractivity contribution in [3.63, 3.8) is 0 Å². The van der Waals surface area contributed by atoms with Crippen LogP contribution in [0.1, 0.15) is 28.6 Å². The number of hydrogen-bond donors (Lipinski definition) is 1. The number of nitrogens with one attached hydrogen (secondary N) is 1. The summed E-state index contributed by atoms with van der Waals surface area (Å²) in [5.74, 6) is 1.62. The van der Waals surface area contributed by atoms with Crippen LogP contribution in [0.15, 0.2) is 77.9 Å². The topological polar surface area (TPSA) is 120 Å². The lowest BCUT2D eigenvalue weighted by molar-refractivity contribution is 0.169. The lowest BCUT2D eigenvalue weighted by atomic mass is 10.0. The summed E-state index contributed by atoms with van der Waals surface area (Å²) in [5, 5.41) is 13.4. The van der Waals surface area contributed by atoms with Gasteiger partial charge in [-0.05, 0) is 39.8 Å². The first-order valence-corrected chi connectivity index (χ1v) is 12.8. The van der Waals surface area contributed by atoms with Crippen molar-refractivity contribution in [2.45, 2.75) is 25.7 Å². The minimum absolute atomic E-state index is 0.254. The van der Waals surface area contributed by atoms with Crippen LogP contribution in [0.3, 0.4) is 0 Å². The van der Waals surface area contributed by atoms with E-state index >= 15 is 0 Å². The Morgan fingerprint density at radius 3 is 2.42 bits per heavy atom. The molecule has 40 heavy (non-hydrogen) atoms. The first-order valence-electron chi connectivity index (χ1n) is 12.8. The van der Waals surface area contributed by atoms with Crippen molar-refractivity contribution in [3.8, 4) is 11.5 Å². The fraction of sp³-hybridized carbons (Fsp3) is 0.276. The molecule has 1 N–H and O–H groups in total. The van der Waals surface area contributed by atoms with Gasteiger partial charge in [0.2, 0.25) is 0 Å². The van der Waals surface area contributed by atoms with E-state index < -0.39 is 6.04 Å². The van der Waals surface area contributed by atoms with Crippen molar-refractivity contribution in [2.24, 2.45) is 0 Å². The Morgan fingerprint density at radius 1 is 0.950 bits per heavy atom. The summed E-state index contributed by atoms with van der Waals surface area (Å²) in [7, 11) is 4.77. The van der Waals surface area contributed by atoms with Crippen molar-refractivity contribution < 1.29 is 14.2 Å². The lowest BCUT2D eigenvalue weighted by Gasteiger charge is -2.31. The van der Waals surface area contributed by atoms with E-state index in [2.05, 4.69) is 42.5 Å². The molecule has 0 aliphatic heterocycles. The standard InChI is InChI=1S/C29H31N7O4/c1-38-13-12-36-28(32-33-34-36)27(23-14-22-15-25(39-2)26(40-3)16-24(22)31-29(23)37)35(18-20-8-5-4-6-9-20)19-21-10-7-11-30-17-21/h4-11,14-17,27H,12-13,18-19H2,1-3H3,(H,31,37)/t27-/m0/s1. The summed E-state index contributed by atoms with van der Waals surface area (Å²) in [6.45, 7) is 1.87. The van der Waals surface area contributed by atoms with Crippen LogP contribution in [0.2, 0.25) is 0 Å². The van der Waals surface area contributed by atoms with E-state index in [9.17, 15) is 4.79 Å². The Morgan fingerprint density at radius 2 is 1.70 bits per heavy atom. The number of methoxy groups -OCH3 is 3. The number of benzene rings is 2. The van der Waals surface area contributed by atoms with Crippen molar-refractivity contribution >= 4 is 10.9 Å². The van der Waals surface area contributed by atoms with Crippen molar-refractivity contribution in [2.75, 3.05) is 27.9 Å². The zero-order valence-corrected chi connectivity index (χ0v) is 22.7.